The molecule has 1 unspecified atom stereocenters. The van der Waals surface area contributed by atoms with Crippen molar-refractivity contribution in [1.82, 2.24) is 0 Å². The molecule has 3 rings (SSSR count). The summed E-state index contributed by atoms with van der Waals surface area (Å²) in [6.07, 6.45) is 3.07. The molecule has 1 atom stereocenters. The quantitative estimate of drug-likeness (QED) is 0.334. The summed E-state index contributed by atoms with van der Waals surface area (Å²) in [7, 11) is 0. The largest absolute Gasteiger partial charge is 0.506 e. The topological polar surface area (TPSA) is 71.2 Å². The summed E-state index contributed by atoms with van der Waals surface area (Å²) in [5, 5.41) is 20.5. The molecule has 29 heavy (non-hydrogen) atoms. The van der Waals surface area contributed by atoms with Crippen LogP contribution in [-0.2, 0) is 4.74 Å². The van der Waals surface area contributed by atoms with Crippen LogP contribution >= 0.6 is 0 Å². The molecule has 0 aliphatic carbocycles. The molecule has 5 nitrogen and oxygen atoms in total. The predicted octanol–water partition coefficient (Wildman–Crippen LogP) is 6.94. The fraction of sp³-hybridized carbons (Fsp3) is 0.292. The molecule has 0 radical (unpaired) electrons. The fourth-order valence-electron chi connectivity index (χ4n) is 3.27. The molecule has 0 saturated heterocycles. The molecule has 0 aliphatic rings. The lowest BCUT2D eigenvalue weighted by atomic mass is 10.0. The van der Waals surface area contributed by atoms with E-state index in [9.17, 15) is 9.90 Å². The molecule has 150 valence electrons. The highest BCUT2D eigenvalue weighted by Gasteiger charge is 2.15. The van der Waals surface area contributed by atoms with Crippen LogP contribution in [0.2, 0.25) is 0 Å². The van der Waals surface area contributed by atoms with Crippen molar-refractivity contribution in [3.63, 3.8) is 0 Å². The minimum absolute atomic E-state index is 0.0397. The number of carbonyl (C=O) groups is 1. The third kappa shape index (κ3) is 4.99. The third-order valence-corrected chi connectivity index (χ3v) is 4.99. The monoisotopic (exact) mass is 390 g/mol. The summed E-state index contributed by atoms with van der Waals surface area (Å²) in [6, 6.07) is 18.0. The van der Waals surface area contributed by atoms with Gasteiger partial charge in [0.1, 0.15) is 17.1 Å². The molecular formula is C24H26N2O3. The Labute approximate surface area is 171 Å². The van der Waals surface area contributed by atoms with Crippen molar-refractivity contribution in [3.8, 4) is 5.75 Å². The number of aromatic hydroxyl groups is 1. The molecule has 0 heterocycles. The van der Waals surface area contributed by atoms with E-state index in [0.29, 0.717) is 29.5 Å². The molecule has 0 saturated carbocycles. The second-order valence-corrected chi connectivity index (χ2v) is 7.03. The van der Waals surface area contributed by atoms with Gasteiger partial charge < -0.3 is 9.84 Å². The van der Waals surface area contributed by atoms with Crippen LogP contribution in [0, 0.1) is 5.92 Å². The number of rotatable bonds is 8. The molecule has 0 aromatic heterocycles. The summed E-state index contributed by atoms with van der Waals surface area (Å²) >= 11 is 0. The van der Waals surface area contributed by atoms with E-state index in [1.807, 2.05) is 30.3 Å². The summed E-state index contributed by atoms with van der Waals surface area (Å²) in [4.78, 5) is 12.6. The smallest absolute Gasteiger partial charge is 0.340 e. The van der Waals surface area contributed by atoms with Crippen molar-refractivity contribution in [2.75, 3.05) is 6.61 Å². The second kappa shape index (κ2) is 9.82. The van der Waals surface area contributed by atoms with Crippen LogP contribution in [0.25, 0.3) is 10.8 Å². The predicted molar refractivity (Wildman–Crippen MR) is 115 cm³/mol. The number of benzene rings is 3. The number of hydrogen-bond acceptors (Lipinski definition) is 5. The molecule has 0 aliphatic heterocycles. The van der Waals surface area contributed by atoms with Crippen LogP contribution in [0.15, 0.2) is 70.9 Å². The number of phenolic OH excluding ortho intramolecular Hbond substituents is 1. The standard InChI is InChI=1S/C24H26N2O3/c1-3-9-17(4-2)16-29-24(28)20-12-7-8-13-21(20)25-26-23-19-11-6-5-10-18(19)14-15-22(23)27/h5-8,10-15,17,27H,3-4,9,16H2,1-2H3/b26-25+. The van der Waals surface area contributed by atoms with Gasteiger partial charge >= 0.3 is 5.97 Å². The number of hydrogen-bond donors (Lipinski definition) is 1. The Morgan fingerprint density at radius 1 is 1.00 bits per heavy atom. The Morgan fingerprint density at radius 3 is 2.55 bits per heavy atom. The van der Waals surface area contributed by atoms with E-state index in [4.69, 9.17) is 4.74 Å². The summed E-state index contributed by atoms with van der Waals surface area (Å²) in [5.41, 5.74) is 1.15. The highest BCUT2D eigenvalue weighted by molar-refractivity contribution is 5.96. The van der Waals surface area contributed by atoms with Crippen LogP contribution in [0.1, 0.15) is 43.5 Å². The number of azo groups is 1. The van der Waals surface area contributed by atoms with Crippen molar-refractivity contribution in [3.05, 3.63) is 66.2 Å². The van der Waals surface area contributed by atoms with Gasteiger partial charge in [0.05, 0.1) is 12.2 Å². The Hall–Kier alpha value is -3.21. The first kappa shape index (κ1) is 20.5. The van der Waals surface area contributed by atoms with Gasteiger partial charge in [-0.1, -0.05) is 69.2 Å². The SMILES string of the molecule is CCCC(CC)COC(=O)c1ccccc1/N=N/c1c(O)ccc2ccccc12. The highest BCUT2D eigenvalue weighted by atomic mass is 16.5. The Balaban J connectivity index is 1.85. The van der Waals surface area contributed by atoms with Gasteiger partial charge in [0.25, 0.3) is 0 Å². The van der Waals surface area contributed by atoms with Crippen LogP contribution in [0.4, 0.5) is 11.4 Å². The van der Waals surface area contributed by atoms with E-state index in [0.717, 1.165) is 30.0 Å². The van der Waals surface area contributed by atoms with E-state index in [2.05, 4.69) is 24.1 Å². The number of ether oxygens (including phenoxy) is 1. The maximum Gasteiger partial charge on any atom is 0.340 e. The summed E-state index contributed by atoms with van der Waals surface area (Å²) in [5.74, 6) is -0.000487. The molecule has 0 amide bonds. The minimum atomic E-state index is -0.406. The van der Waals surface area contributed by atoms with E-state index in [1.54, 1.807) is 30.3 Å². The van der Waals surface area contributed by atoms with Gasteiger partial charge in [0, 0.05) is 5.39 Å². The molecule has 1 N–H and O–H groups in total. The molecule has 0 bridgehead atoms. The maximum atomic E-state index is 12.6. The fourth-order valence-corrected chi connectivity index (χ4v) is 3.27. The first-order chi connectivity index (χ1) is 14.1. The lowest BCUT2D eigenvalue weighted by Crippen LogP contribution is -2.14. The van der Waals surface area contributed by atoms with Crippen LogP contribution in [0.5, 0.6) is 5.75 Å². The zero-order chi connectivity index (χ0) is 20.6. The molecule has 3 aromatic carbocycles. The average molecular weight is 390 g/mol. The van der Waals surface area contributed by atoms with E-state index < -0.39 is 5.97 Å². The molecule has 0 spiro atoms. The van der Waals surface area contributed by atoms with Crippen LogP contribution < -0.4 is 0 Å². The van der Waals surface area contributed by atoms with Crippen molar-refractivity contribution >= 4 is 28.1 Å². The van der Waals surface area contributed by atoms with Crippen LogP contribution in [0.3, 0.4) is 0 Å². The Kier molecular flexibility index (Phi) is 6.95. The van der Waals surface area contributed by atoms with Crippen molar-refractivity contribution in [2.45, 2.75) is 33.1 Å². The average Bonchev–Trinajstić information content (AvgIpc) is 2.76. The molecule has 3 aromatic rings. The van der Waals surface area contributed by atoms with Crippen molar-refractivity contribution in [1.29, 1.82) is 0 Å². The van der Waals surface area contributed by atoms with Crippen molar-refractivity contribution in [2.24, 2.45) is 16.1 Å². The van der Waals surface area contributed by atoms with E-state index >= 15 is 0 Å². The third-order valence-electron chi connectivity index (χ3n) is 4.99. The zero-order valence-corrected chi connectivity index (χ0v) is 16.8. The molecule has 5 heteroatoms. The van der Waals surface area contributed by atoms with Gasteiger partial charge in [-0.05, 0) is 35.9 Å². The maximum absolute atomic E-state index is 12.6. The zero-order valence-electron chi connectivity index (χ0n) is 16.8. The summed E-state index contributed by atoms with van der Waals surface area (Å²) in [6.45, 7) is 4.63. The van der Waals surface area contributed by atoms with Gasteiger partial charge in [-0.3, -0.25) is 0 Å². The first-order valence-electron chi connectivity index (χ1n) is 10.0. The second-order valence-electron chi connectivity index (χ2n) is 7.03. The number of esters is 1. The minimum Gasteiger partial charge on any atom is -0.506 e. The Morgan fingerprint density at radius 2 is 1.76 bits per heavy atom. The van der Waals surface area contributed by atoms with Gasteiger partial charge in [-0.15, -0.1) is 10.2 Å². The lowest BCUT2D eigenvalue weighted by Gasteiger charge is -2.14. The van der Waals surface area contributed by atoms with E-state index in [1.165, 1.54) is 0 Å². The molecule has 0 fully saturated rings. The van der Waals surface area contributed by atoms with Gasteiger partial charge in [0.15, 0.2) is 0 Å². The number of carbonyl (C=O) groups excluding carboxylic acids is 1. The van der Waals surface area contributed by atoms with E-state index in [-0.39, 0.29) is 5.75 Å². The normalized spacial score (nSPS) is 12.3. The first-order valence-corrected chi connectivity index (χ1v) is 10.0. The number of phenols is 1. The lowest BCUT2D eigenvalue weighted by molar-refractivity contribution is 0.0430. The number of nitrogens with zero attached hydrogens (tertiary/aromatic N) is 2. The highest BCUT2D eigenvalue weighted by Crippen LogP contribution is 2.36. The number of fused-ring (bicyclic) bond motifs is 1. The van der Waals surface area contributed by atoms with Crippen LogP contribution in [-0.4, -0.2) is 17.7 Å². The van der Waals surface area contributed by atoms with Gasteiger partial charge in [-0.25, -0.2) is 4.79 Å². The van der Waals surface area contributed by atoms with Gasteiger partial charge in [-0.2, -0.15) is 0 Å². The van der Waals surface area contributed by atoms with Crippen molar-refractivity contribution < 1.29 is 14.6 Å². The van der Waals surface area contributed by atoms with Gasteiger partial charge in [0.2, 0.25) is 0 Å². The molecular weight excluding hydrogens is 364 g/mol. The summed E-state index contributed by atoms with van der Waals surface area (Å²) < 4.78 is 5.53. The Bertz CT molecular complexity index is 1010.